The molecule has 5 rings (SSSR count). The fraction of sp³-hybridized carbons (Fsp3) is 0.250. The highest BCUT2D eigenvalue weighted by Crippen LogP contribution is 2.29. The molecule has 0 amide bonds. The predicted octanol–water partition coefficient (Wildman–Crippen LogP) is 4.85. The van der Waals surface area contributed by atoms with E-state index in [9.17, 15) is 4.79 Å². The Kier molecular flexibility index (Phi) is 5.64. The van der Waals surface area contributed by atoms with Crippen LogP contribution in [0.5, 0.6) is 0 Å². The van der Waals surface area contributed by atoms with Gasteiger partial charge in [0.05, 0.1) is 23.5 Å². The third-order valence-electron chi connectivity index (χ3n) is 6.31. The highest BCUT2D eigenvalue weighted by molar-refractivity contribution is 5.97. The van der Waals surface area contributed by atoms with E-state index in [0.717, 1.165) is 46.7 Å². The van der Waals surface area contributed by atoms with Crippen LogP contribution in [0.25, 0.3) is 27.7 Å². The van der Waals surface area contributed by atoms with Crippen molar-refractivity contribution in [3.63, 3.8) is 0 Å². The minimum absolute atomic E-state index is 0.0718. The van der Waals surface area contributed by atoms with E-state index in [-0.39, 0.29) is 17.8 Å². The van der Waals surface area contributed by atoms with Crippen LogP contribution in [0, 0.1) is 18.3 Å². The minimum atomic E-state index is -0.0718. The molecule has 34 heavy (non-hydrogen) atoms. The van der Waals surface area contributed by atoms with Gasteiger partial charge in [-0.3, -0.25) is 14.3 Å². The van der Waals surface area contributed by atoms with Gasteiger partial charge in [-0.05, 0) is 68.8 Å². The number of nitrogens with zero attached hydrogens (tertiary/aromatic N) is 4. The second-order valence-corrected chi connectivity index (χ2v) is 8.94. The van der Waals surface area contributed by atoms with Gasteiger partial charge in [0.1, 0.15) is 6.07 Å². The van der Waals surface area contributed by atoms with Crippen molar-refractivity contribution in [3.05, 3.63) is 88.5 Å². The van der Waals surface area contributed by atoms with Crippen LogP contribution in [-0.4, -0.2) is 34.8 Å². The molecule has 0 spiro atoms. The summed E-state index contributed by atoms with van der Waals surface area (Å²) in [4.78, 5) is 20.3. The van der Waals surface area contributed by atoms with Crippen LogP contribution in [0.2, 0.25) is 0 Å². The lowest BCUT2D eigenvalue weighted by Gasteiger charge is -2.36. The summed E-state index contributed by atoms with van der Waals surface area (Å²) in [7, 11) is 0. The van der Waals surface area contributed by atoms with Gasteiger partial charge in [0.15, 0.2) is 0 Å². The van der Waals surface area contributed by atoms with Crippen LogP contribution < -0.4 is 10.5 Å². The van der Waals surface area contributed by atoms with E-state index < -0.39 is 0 Å². The Hall–Kier alpha value is -3.95. The van der Waals surface area contributed by atoms with Gasteiger partial charge in [-0.15, -0.1) is 0 Å². The van der Waals surface area contributed by atoms with Crippen molar-refractivity contribution in [2.75, 3.05) is 18.0 Å². The van der Waals surface area contributed by atoms with Gasteiger partial charge in [-0.2, -0.15) is 5.26 Å². The van der Waals surface area contributed by atoms with Crippen LogP contribution in [0.15, 0.2) is 71.8 Å². The summed E-state index contributed by atoms with van der Waals surface area (Å²) in [6, 6.07) is 19.5. The Morgan fingerprint density at radius 3 is 2.35 bits per heavy atom. The molecule has 0 saturated carbocycles. The second kappa shape index (κ2) is 8.77. The monoisotopic (exact) mass is 450 g/mol. The molecule has 1 saturated heterocycles. The van der Waals surface area contributed by atoms with Crippen molar-refractivity contribution in [1.82, 2.24) is 9.55 Å². The van der Waals surface area contributed by atoms with E-state index in [4.69, 9.17) is 10.00 Å². The molecule has 0 aliphatic carbocycles. The number of hydrogen-bond donors (Lipinski definition) is 0. The summed E-state index contributed by atoms with van der Waals surface area (Å²) < 4.78 is 7.56. The molecule has 4 aromatic rings. The predicted molar refractivity (Wildman–Crippen MR) is 134 cm³/mol. The van der Waals surface area contributed by atoms with E-state index in [1.165, 1.54) is 0 Å². The van der Waals surface area contributed by atoms with Crippen molar-refractivity contribution in [2.24, 2.45) is 0 Å². The number of aryl methyl sites for hydroxylation is 1. The molecule has 0 radical (unpaired) electrons. The smallest absolute Gasteiger partial charge is 0.262 e. The first-order valence-electron chi connectivity index (χ1n) is 11.5. The number of hydrogen-bond acceptors (Lipinski definition) is 5. The summed E-state index contributed by atoms with van der Waals surface area (Å²) in [6.07, 6.45) is 3.83. The normalized spacial score (nSPS) is 18.1. The first-order valence-corrected chi connectivity index (χ1v) is 11.5. The molecule has 0 unspecified atom stereocenters. The van der Waals surface area contributed by atoms with Crippen molar-refractivity contribution in [3.8, 4) is 23.0 Å². The molecule has 0 bridgehead atoms. The minimum Gasteiger partial charge on any atom is -0.372 e. The standard InChI is InChI=1S/C28H26N4O2/c1-18-15-32(23-10-8-22(9-11-23)31-16-19(2)34-20(3)17-31)28(33)25-6-4-5-24(27(18)25)26-12-7-21(13-29)14-30-26/h4-12,14-15,19-20H,16-17H2,1-3H3/t19-,20+. The number of rotatable bonds is 3. The van der Waals surface area contributed by atoms with E-state index in [1.54, 1.807) is 16.8 Å². The molecule has 6 heteroatoms. The molecule has 6 nitrogen and oxygen atoms in total. The Labute approximate surface area is 198 Å². The molecule has 2 aromatic heterocycles. The van der Waals surface area contributed by atoms with Gasteiger partial charge in [0, 0.05) is 53.2 Å². The average molecular weight is 451 g/mol. The molecule has 2 atom stereocenters. The summed E-state index contributed by atoms with van der Waals surface area (Å²) in [6.45, 7) is 7.90. The van der Waals surface area contributed by atoms with E-state index in [0.29, 0.717) is 10.9 Å². The number of nitriles is 1. The Morgan fingerprint density at radius 2 is 1.71 bits per heavy atom. The second-order valence-electron chi connectivity index (χ2n) is 8.94. The number of benzene rings is 2. The SMILES string of the molecule is Cc1cn(-c2ccc(N3C[C@@H](C)O[C@@H](C)C3)cc2)c(=O)c2cccc(-c3ccc(C#N)cn3)c12. The maximum atomic E-state index is 13.5. The lowest BCUT2D eigenvalue weighted by Crippen LogP contribution is -2.45. The fourth-order valence-electron chi connectivity index (χ4n) is 4.84. The van der Waals surface area contributed by atoms with Gasteiger partial charge in [0.25, 0.3) is 5.56 Å². The zero-order chi connectivity index (χ0) is 23.8. The number of aromatic nitrogens is 2. The van der Waals surface area contributed by atoms with Crippen molar-refractivity contribution < 1.29 is 4.74 Å². The number of fused-ring (bicyclic) bond motifs is 1. The molecule has 0 N–H and O–H groups in total. The number of ether oxygens (including phenoxy) is 1. The maximum absolute atomic E-state index is 13.5. The molecule has 1 aliphatic rings. The highest BCUT2D eigenvalue weighted by Gasteiger charge is 2.22. The molecule has 2 aromatic carbocycles. The van der Waals surface area contributed by atoms with Crippen molar-refractivity contribution >= 4 is 16.5 Å². The molecule has 1 aliphatic heterocycles. The molecule has 3 heterocycles. The van der Waals surface area contributed by atoms with Crippen molar-refractivity contribution in [2.45, 2.75) is 33.0 Å². The zero-order valence-corrected chi connectivity index (χ0v) is 19.5. The van der Waals surface area contributed by atoms with Gasteiger partial charge in [-0.25, -0.2) is 0 Å². The number of pyridine rings is 2. The van der Waals surface area contributed by atoms with Crippen LogP contribution in [-0.2, 0) is 4.74 Å². The van der Waals surface area contributed by atoms with Gasteiger partial charge < -0.3 is 9.64 Å². The third kappa shape index (κ3) is 3.95. The molecular formula is C28H26N4O2. The first kappa shape index (κ1) is 21.9. The summed E-state index contributed by atoms with van der Waals surface area (Å²) in [5.74, 6) is 0. The highest BCUT2D eigenvalue weighted by atomic mass is 16.5. The summed E-state index contributed by atoms with van der Waals surface area (Å²) in [5.41, 5.74) is 5.00. The van der Waals surface area contributed by atoms with Crippen molar-refractivity contribution in [1.29, 1.82) is 5.26 Å². The number of morpholine rings is 1. The van der Waals surface area contributed by atoms with Gasteiger partial charge in [0.2, 0.25) is 0 Å². The fourth-order valence-corrected chi connectivity index (χ4v) is 4.84. The molecular weight excluding hydrogens is 424 g/mol. The Bertz CT molecular complexity index is 1440. The Balaban J connectivity index is 1.55. The van der Waals surface area contributed by atoms with Crippen LogP contribution in [0.4, 0.5) is 5.69 Å². The topological polar surface area (TPSA) is 71.2 Å². The molecule has 170 valence electrons. The van der Waals surface area contributed by atoms with Crippen LogP contribution in [0.1, 0.15) is 25.0 Å². The maximum Gasteiger partial charge on any atom is 0.262 e. The quantitative estimate of drug-likeness (QED) is 0.446. The van der Waals surface area contributed by atoms with Crippen LogP contribution >= 0.6 is 0 Å². The lowest BCUT2D eigenvalue weighted by molar-refractivity contribution is -0.00521. The largest absolute Gasteiger partial charge is 0.372 e. The zero-order valence-electron chi connectivity index (χ0n) is 19.5. The van der Waals surface area contributed by atoms with E-state index >= 15 is 0 Å². The van der Waals surface area contributed by atoms with Crippen LogP contribution in [0.3, 0.4) is 0 Å². The number of anilines is 1. The molecule has 1 fully saturated rings. The average Bonchev–Trinajstić information content (AvgIpc) is 2.85. The van der Waals surface area contributed by atoms with E-state index in [1.807, 2.05) is 49.5 Å². The first-order chi connectivity index (χ1) is 16.4. The third-order valence-corrected chi connectivity index (χ3v) is 6.31. The summed E-state index contributed by atoms with van der Waals surface area (Å²) in [5, 5.41) is 10.6. The lowest BCUT2D eigenvalue weighted by atomic mass is 9.99. The van der Waals surface area contributed by atoms with E-state index in [2.05, 4.69) is 41.9 Å². The van der Waals surface area contributed by atoms with Gasteiger partial charge >= 0.3 is 0 Å². The Morgan fingerprint density at radius 1 is 1.00 bits per heavy atom. The van der Waals surface area contributed by atoms with Gasteiger partial charge in [-0.1, -0.05) is 12.1 Å². The summed E-state index contributed by atoms with van der Waals surface area (Å²) >= 11 is 0.